The van der Waals surface area contributed by atoms with E-state index in [4.69, 9.17) is 26.2 Å². The highest BCUT2D eigenvalue weighted by molar-refractivity contribution is 6.31. The van der Waals surface area contributed by atoms with Crippen molar-refractivity contribution in [2.75, 3.05) is 13.7 Å². The van der Waals surface area contributed by atoms with Gasteiger partial charge in [-0.2, -0.15) is 0 Å². The standard InChI is InChI=1S/C31H26ClNO4/c1-36-29-17-21(12-15-28(29)37-20-30(34)35)16-24-19-33(27-18-25(32)13-14-26(24)27)31(22-8-4-2-5-9-22)23-10-6-3-7-11-23/h2-15,17-19,31H,16,20H2,1H3,(H,34,35). The number of carboxylic acid groups (broad SMARTS) is 1. The molecule has 1 N–H and O–H groups in total. The molecule has 0 saturated carbocycles. The van der Waals surface area contributed by atoms with E-state index in [1.807, 2.05) is 36.4 Å². The van der Waals surface area contributed by atoms with Gasteiger partial charge in [-0.3, -0.25) is 0 Å². The Hall–Kier alpha value is -4.22. The van der Waals surface area contributed by atoms with Crippen LogP contribution in [0.2, 0.25) is 5.02 Å². The van der Waals surface area contributed by atoms with Crippen molar-refractivity contribution in [3.63, 3.8) is 0 Å². The van der Waals surface area contributed by atoms with Crippen LogP contribution in [0.25, 0.3) is 10.9 Å². The van der Waals surface area contributed by atoms with Gasteiger partial charge >= 0.3 is 5.97 Å². The number of hydrogen-bond acceptors (Lipinski definition) is 3. The van der Waals surface area contributed by atoms with Gasteiger partial charge in [-0.05, 0) is 52.9 Å². The summed E-state index contributed by atoms with van der Waals surface area (Å²) in [5.41, 5.74) is 5.57. The van der Waals surface area contributed by atoms with Gasteiger partial charge in [0.25, 0.3) is 0 Å². The van der Waals surface area contributed by atoms with Crippen molar-refractivity contribution in [2.45, 2.75) is 12.5 Å². The van der Waals surface area contributed by atoms with Crippen LogP contribution in [-0.2, 0) is 11.2 Å². The molecule has 0 aliphatic heterocycles. The van der Waals surface area contributed by atoms with Crippen LogP contribution in [0.1, 0.15) is 28.3 Å². The summed E-state index contributed by atoms with van der Waals surface area (Å²) in [6.45, 7) is -0.426. The van der Waals surface area contributed by atoms with E-state index in [2.05, 4.69) is 65.4 Å². The molecule has 1 heterocycles. The number of carboxylic acids is 1. The number of aliphatic carboxylic acids is 1. The summed E-state index contributed by atoms with van der Waals surface area (Å²) >= 11 is 6.48. The molecule has 0 radical (unpaired) electrons. The van der Waals surface area contributed by atoms with Crippen molar-refractivity contribution in [3.8, 4) is 11.5 Å². The van der Waals surface area contributed by atoms with Crippen molar-refractivity contribution in [2.24, 2.45) is 0 Å². The molecular weight excluding hydrogens is 486 g/mol. The molecule has 0 atom stereocenters. The summed E-state index contributed by atoms with van der Waals surface area (Å²) in [4.78, 5) is 10.9. The summed E-state index contributed by atoms with van der Waals surface area (Å²) in [7, 11) is 1.55. The van der Waals surface area contributed by atoms with Crippen LogP contribution in [0, 0.1) is 0 Å². The second-order valence-electron chi connectivity index (χ2n) is 8.79. The van der Waals surface area contributed by atoms with E-state index < -0.39 is 12.6 Å². The van der Waals surface area contributed by atoms with Crippen LogP contribution in [0.4, 0.5) is 0 Å². The minimum atomic E-state index is -1.04. The Morgan fingerprint density at radius 2 is 1.57 bits per heavy atom. The Morgan fingerprint density at radius 3 is 2.19 bits per heavy atom. The second-order valence-corrected chi connectivity index (χ2v) is 9.23. The van der Waals surface area contributed by atoms with Crippen molar-refractivity contribution < 1.29 is 19.4 Å². The molecule has 0 bridgehead atoms. The van der Waals surface area contributed by atoms with E-state index in [1.54, 1.807) is 13.2 Å². The van der Waals surface area contributed by atoms with Crippen LogP contribution in [0.3, 0.4) is 0 Å². The number of benzene rings is 4. The first kappa shape index (κ1) is 24.5. The SMILES string of the molecule is COc1cc(Cc2cn(C(c3ccccc3)c3ccccc3)c3cc(Cl)ccc23)ccc1OCC(=O)O. The van der Waals surface area contributed by atoms with Gasteiger partial charge in [-0.15, -0.1) is 0 Å². The fraction of sp³-hybridized carbons (Fsp3) is 0.129. The number of rotatable bonds is 9. The molecule has 1 aromatic heterocycles. The zero-order valence-electron chi connectivity index (χ0n) is 20.3. The lowest BCUT2D eigenvalue weighted by atomic mass is 9.98. The number of fused-ring (bicyclic) bond motifs is 1. The van der Waals surface area contributed by atoms with E-state index in [1.165, 1.54) is 11.1 Å². The Balaban J connectivity index is 1.59. The summed E-state index contributed by atoms with van der Waals surface area (Å²) in [5.74, 6) is -0.142. The quantitative estimate of drug-likeness (QED) is 0.231. The molecule has 0 saturated heterocycles. The van der Waals surface area contributed by atoms with Crippen molar-refractivity contribution >= 4 is 28.5 Å². The predicted molar refractivity (Wildman–Crippen MR) is 146 cm³/mol. The second kappa shape index (κ2) is 10.8. The number of hydrogen-bond donors (Lipinski definition) is 1. The highest BCUT2D eigenvalue weighted by Gasteiger charge is 2.21. The summed E-state index contributed by atoms with van der Waals surface area (Å²) in [5, 5.41) is 10.7. The number of carbonyl (C=O) groups is 1. The highest BCUT2D eigenvalue weighted by Crippen LogP contribution is 2.36. The monoisotopic (exact) mass is 511 g/mol. The van der Waals surface area contributed by atoms with Gasteiger partial charge in [-0.1, -0.05) is 84.4 Å². The lowest BCUT2D eigenvalue weighted by Gasteiger charge is -2.21. The Bertz CT molecular complexity index is 1490. The molecule has 5 nitrogen and oxygen atoms in total. The lowest BCUT2D eigenvalue weighted by Crippen LogP contribution is -2.11. The normalized spacial score (nSPS) is 11.1. The van der Waals surface area contributed by atoms with Crippen LogP contribution in [0.5, 0.6) is 11.5 Å². The number of ether oxygens (including phenoxy) is 2. The molecule has 4 aromatic carbocycles. The predicted octanol–water partition coefficient (Wildman–Crippen LogP) is 7.00. The minimum Gasteiger partial charge on any atom is -0.493 e. The van der Waals surface area contributed by atoms with Crippen LogP contribution in [-0.4, -0.2) is 29.4 Å². The number of aromatic nitrogens is 1. The topological polar surface area (TPSA) is 60.7 Å². The summed E-state index contributed by atoms with van der Waals surface area (Å²) in [6, 6.07) is 32.4. The number of halogens is 1. The smallest absolute Gasteiger partial charge is 0.341 e. The van der Waals surface area contributed by atoms with Gasteiger partial charge in [0, 0.05) is 16.6 Å². The molecule has 186 valence electrons. The third-order valence-corrected chi connectivity index (χ3v) is 6.60. The van der Waals surface area contributed by atoms with E-state index in [-0.39, 0.29) is 6.04 Å². The highest BCUT2D eigenvalue weighted by atomic mass is 35.5. The third-order valence-electron chi connectivity index (χ3n) is 6.36. The Labute approximate surface area is 220 Å². The average Bonchev–Trinajstić information content (AvgIpc) is 3.25. The number of methoxy groups -OCH3 is 1. The fourth-order valence-corrected chi connectivity index (χ4v) is 4.90. The van der Waals surface area contributed by atoms with E-state index >= 15 is 0 Å². The summed E-state index contributed by atoms with van der Waals surface area (Å²) in [6.07, 6.45) is 2.85. The first-order valence-electron chi connectivity index (χ1n) is 11.9. The van der Waals surface area contributed by atoms with Crippen LogP contribution in [0.15, 0.2) is 103 Å². The van der Waals surface area contributed by atoms with Crippen molar-refractivity contribution in [1.29, 1.82) is 0 Å². The van der Waals surface area contributed by atoms with Gasteiger partial charge in [-0.25, -0.2) is 4.79 Å². The van der Waals surface area contributed by atoms with Gasteiger partial charge in [0.05, 0.1) is 18.7 Å². The minimum absolute atomic E-state index is 0.0292. The molecule has 0 fully saturated rings. The first-order valence-corrected chi connectivity index (χ1v) is 12.3. The molecule has 37 heavy (non-hydrogen) atoms. The maximum atomic E-state index is 10.9. The molecule has 5 aromatic rings. The van der Waals surface area contributed by atoms with Crippen molar-refractivity contribution in [1.82, 2.24) is 4.57 Å². The first-order chi connectivity index (χ1) is 18.0. The number of nitrogens with zero attached hydrogens (tertiary/aromatic N) is 1. The maximum absolute atomic E-state index is 10.9. The van der Waals surface area contributed by atoms with Gasteiger partial charge in [0.1, 0.15) is 0 Å². The average molecular weight is 512 g/mol. The van der Waals surface area contributed by atoms with Gasteiger partial charge in [0.15, 0.2) is 18.1 Å². The van der Waals surface area contributed by atoms with Gasteiger partial charge in [0.2, 0.25) is 0 Å². The fourth-order valence-electron chi connectivity index (χ4n) is 4.74. The van der Waals surface area contributed by atoms with E-state index in [0.717, 1.165) is 22.0 Å². The lowest BCUT2D eigenvalue weighted by molar-refractivity contribution is -0.139. The molecule has 0 amide bonds. The molecule has 0 aliphatic rings. The van der Waals surface area contributed by atoms with Crippen LogP contribution >= 0.6 is 11.6 Å². The largest absolute Gasteiger partial charge is 0.493 e. The third kappa shape index (κ3) is 5.32. The Kier molecular flexibility index (Phi) is 7.15. The van der Waals surface area contributed by atoms with E-state index in [0.29, 0.717) is 22.9 Å². The molecular formula is C31H26ClNO4. The maximum Gasteiger partial charge on any atom is 0.341 e. The summed E-state index contributed by atoms with van der Waals surface area (Å²) < 4.78 is 13.1. The Morgan fingerprint density at radius 1 is 0.892 bits per heavy atom. The molecule has 0 spiro atoms. The zero-order valence-corrected chi connectivity index (χ0v) is 21.1. The molecule has 0 unspecified atom stereocenters. The van der Waals surface area contributed by atoms with E-state index in [9.17, 15) is 4.79 Å². The molecule has 0 aliphatic carbocycles. The van der Waals surface area contributed by atoms with Gasteiger partial charge < -0.3 is 19.1 Å². The molecule has 5 rings (SSSR count). The van der Waals surface area contributed by atoms with Crippen LogP contribution < -0.4 is 9.47 Å². The van der Waals surface area contributed by atoms with Crippen molar-refractivity contribution in [3.05, 3.63) is 131 Å². The molecule has 6 heteroatoms. The zero-order chi connectivity index (χ0) is 25.8.